The Hall–Kier alpha value is -0.480. The molecule has 20 heavy (non-hydrogen) atoms. The van der Waals surface area contributed by atoms with Crippen LogP contribution < -0.4 is 5.32 Å². The van der Waals surface area contributed by atoms with Crippen molar-refractivity contribution in [1.82, 2.24) is 5.32 Å². The molecule has 0 saturated carbocycles. The van der Waals surface area contributed by atoms with Gasteiger partial charge in [0, 0.05) is 11.1 Å². The van der Waals surface area contributed by atoms with Gasteiger partial charge in [0.25, 0.3) is 0 Å². The lowest BCUT2D eigenvalue weighted by molar-refractivity contribution is 0.307. The van der Waals surface area contributed by atoms with Crippen LogP contribution in [0.1, 0.15) is 40.2 Å². The van der Waals surface area contributed by atoms with Gasteiger partial charge < -0.3 is 5.32 Å². The van der Waals surface area contributed by atoms with E-state index in [0.29, 0.717) is 16.8 Å². The monoisotopic (exact) mass is 347 g/mol. The van der Waals surface area contributed by atoms with Gasteiger partial charge in [-0.25, -0.2) is 8.78 Å². The van der Waals surface area contributed by atoms with Gasteiger partial charge in [0.1, 0.15) is 11.6 Å². The summed E-state index contributed by atoms with van der Waals surface area (Å²) in [6.07, 6.45) is 0.401. The Morgan fingerprint density at radius 2 is 1.80 bits per heavy atom. The van der Waals surface area contributed by atoms with Gasteiger partial charge in [-0.1, -0.05) is 13.8 Å². The lowest BCUT2D eigenvalue weighted by Gasteiger charge is -2.28. The van der Waals surface area contributed by atoms with E-state index < -0.39 is 11.6 Å². The Labute approximate surface area is 129 Å². The van der Waals surface area contributed by atoms with Crippen molar-refractivity contribution in [3.8, 4) is 0 Å². The molecule has 0 fully saturated rings. The lowest BCUT2D eigenvalue weighted by Crippen LogP contribution is -2.40. The molecule has 1 rings (SSSR count). The Balaban J connectivity index is 2.89. The van der Waals surface area contributed by atoms with E-state index in [1.54, 1.807) is 0 Å². The molecule has 0 bridgehead atoms. The van der Waals surface area contributed by atoms with E-state index in [2.05, 4.69) is 55.9 Å². The van der Waals surface area contributed by atoms with Crippen molar-refractivity contribution in [1.29, 1.82) is 0 Å². The smallest absolute Gasteiger partial charge is 0.143 e. The molecule has 1 aromatic rings. The normalized spacial score (nSPS) is 13.8. The fourth-order valence-electron chi connectivity index (χ4n) is 2.00. The number of hydrogen-bond donors (Lipinski definition) is 1. The van der Waals surface area contributed by atoms with Crippen molar-refractivity contribution >= 4 is 15.9 Å². The Bertz CT molecular complexity index is 453. The van der Waals surface area contributed by atoms with Gasteiger partial charge in [-0.05, 0) is 73.6 Å². The second-order valence-corrected chi connectivity index (χ2v) is 7.52. The molecule has 0 heterocycles. The van der Waals surface area contributed by atoms with Crippen LogP contribution in [0.4, 0.5) is 8.78 Å². The fourth-order valence-corrected chi connectivity index (χ4v) is 2.37. The molecular weight excluding hydrogens is 324 g/mol. The van der Waals surface area contributed by atoms with Gasteiger partial charge in [-0.2, -0.15) is 0 Å². The number of rotatable bonds is 5. The van der Waals surface area contributed by atoms with E-state index in [9.17, 15) is 8.78 Å². The van der Waals surface area contributed by atoms with E-state index in [1.807, 2.05) is 0 Å². The standard InChI is InChI=1S/C16H24BrF2N/c1-10(2)11(9-20-16(3,4)5)8-12-14(18)7-6-13(17)15(12)19/h6-7,10-11,20H,8-9H2,1-5H3. The van der Waals surface area contributed by atoms with Gasteiger partial charge in [0.2, 0.25) is 0 Å². The molecule has 0 spiro atoms. The molecule has 0 saturated heterocycles. The van der Waals surface area contributed by atoms with Crippen LogP contribution in [0, 0.1) is 23.5 Å². The number of halogens is 3. The van der Waals surface area contributed by atoms with Crippen molar-refractivity contribution in [3.63, 3.8) is 0 Å². The molecular formula is C16H24BrF2N. The van der Waals surface area contributed by atoms with Crippen LogP contribution in [-0.4, -0.2) is 12.1 Å². The third-order valence-electron chi connectivity index (χ3n) is 3.44. The maximum atomic E-state index is 14.1. The maximum absolute atomic E-state index is 14.1. The Kier molecular flexibility index (Phi) is 6.14. The summed E-state index contributed by atoms with van der Waals surface area (Å²) in [5, 5.41) is 3.42. The highest BCUT2D eigenvalue weighted by Crippen LogP contribution is 2.26. The third kappa shape index (κ3) is 5.13. The minimum Gasteiger partial charge on any atom is -0.312 e. The van der Waals surface area contributed by atoms with Crippen molar-refractivity contribution in [2.45, 2.75) is 46.6 Å². The van der Waals surface area contributed by atoms with Crippen molar-refractivity contribution < 1.29 is 8.78 Å². The van der Waals surface area contributed by atoms with Gasteiger partial charge in [-0.3, -0.25) is 0 Å². The molecule has 1 N–H and O–H groups in total. The largest absolute Gasteiger partial charge is 0.312 e. The molecule has 1 aromatic carbocycles. The molecule has 1 unspecified atom stereocenters. The average Bonchev–Trinajstić information content (AvgIpc) is 2.31. The van der Waals surface area contributed by atoms with Crippen LogP contribution >= 0.6 is 15.9 Å². The summed E-state index contributed by atoms with van der Waals surface area (Å²) in [5.74, 6) is -0.409. The topological polar surface area (TPSA) is 12.0 Å². The van der Waals surface area contributed by atoms with Gasteiger partial charge in [0.15, 0.2) is 0 Å². The van der Waals surface area contributed by atoms with Gasteiger partial charge >= 0.3 is 0 Å². The molecule has 4 heteroatoms. The molecule has 0 amide bonds. The summed E-state index contributed by atoms with van der Waals surface area (Å²) < 4.78 is 28.2. The van der Waals surface area contributed by atoms with E-state index >= 15 is 0 Å². The zero-order valence-electron chi connectivity index (χ0n) is 12.9. The zero-order chi connectivity index (χ0) is 15.5. The van der Waals surface area contributed by atoms with Crippen LogP contribution in [0.5, 0.6) is 0 Å². The molecule has 0 radical (unpaired) electrons. The van der Waals surface area contributed by atoms with E-state index in [0.717, 1.165) is 6.54 Å². The fraction of sp³-hybridized carbons (Fsp3) is 0.625. The van der Waals surface area contributed by atoms with Crippen LogP contribution in [-0.2, 0) is 6.42 Å². The molecule has 1 nitrogen and oxygen atoms in total. The lowest BCUT2D eigenvalue weighted by atomic mass is 9.88. The SMILES string of the molecule is CC(C)C(CNC(C)(C)C)Cc1c(F)ccc(Br)c1F. The van der Waals surface area contributed by atoms with E-state index in [4.69, 9.17) is 0 Å². The summed E-state index contributed by atoms with van der Waals surface area (Å²) >= 11 is 3.12. The van der Waals surface area contributed by atoms with Crippen LogP contribution in [0.25, 0.3) is 0 Å². The molecule has 0 aliphatic rings. The third-order valence-corrected chi connectivity index (χ3v) is 4.06. The number of benzene rings is 1. The first-order chi connectivity index (χ1) is 9.11. The van der Waals surface area contributed by atoms with Crippen molar-refractivity contribution in [2.75, 3.05) is 6.54 Å². The molecule has 0 aliphatic carbocycles. The first-order valence-corrected chi connectivity index (χ1v) is 7.78. The van der Waals surface area contributed by atoms with Crippen molar-refractivity contribution in [2.24, 2.45) is 11.8 Å². The predicted octanol–water partition coefficient (Wildman–Crippen LogP) is 4.93. The summed E-state index contributed by atoms with van der Waals surface area (Å²) in [7, 11) is 0. The summed E-state index contributed by atoms with van der Waals surface area (Å²) in [5.41, 5.74) is 0.176. The van der Waals surface area contributed by atoms with Gasteiger partial charge in [0.05, 0.1) is 4.47 Å². The van der Waals surface area contributed by atoms with E-state index in [-0.39, 0.29) is 17.0 Å². The molecule has 0 aliphatic heterocycles. The Morgan fingerprint density at radius 1 is 1.20 bits per heavy atom. The number of hydrogen-bond acceptors (Lipinski definition) is 1. The number of nitrogens with one attached hydrogen (secondary N) is 1. The first-order valence-electron chi connectivity index (χ1n) is 6.99. The van der Waals surface area contributed by atoms with Crippen LogP contribution in [0.2, 0.25) is 0 Å². The van der Waals surface area contributed by atoms with E-state index in [1.165, 1.54) is 12.1 Å². The van der Waals surface area contributed by atoms with Crippen molar-refractivity contribution in [3.05, 3.63) is 33.8 Å². The summed E-state index contributed by atoms with van der Waals surface area (Å²) in [4.78, 5) is 0. The Morgan fingerprint density at radius 3 is 2.30 bits per heavy atom. The van der Waals surface area contributed by atoms with Gasteiger partial charge in [-0.15, -0.1) is 0 Å². The summed E-state index contributed by atoms with van der Waals surface area (Å²) in [6, 6.07) is 2.73. The van der Waals surface area contributed by atoms with Crippen LogP contribution in [0.15, 0.2) is 16.6 Å². The first kappa shape index (κ1) is 17.6. The predicted molar refractivity (Wildman–Crippen MR) is 83.8 cm³/mol. The quantitative estimate of drug-likeness (QED) is 0.744. The molecule has 114 valence electrons. The maximum Gasteiger partial charge on any atom is 0.143 e. The molecule has 1 atom stereocenters. The summed E-state index contributed by atoms with van der Waals surface area (Å²) in [6.45, 7) is 11.2. The highest BCUT2D eigenvalue weighted by atomic mass is 79.9. The molecule has 0 aromatic heterocycles. The highest BCUT2D eigenvalue weighted by Gasteiger charge is 2.22. The minimum absolute atomic E-state index is 0.00149. The average molecular weight is 348 g/mol. The second-order valence-electron chi connectivity index (χ2n) is 6.66. The highest BCUT2D eigenvalue weighted by molar-refractivity contribution is 9.10. The minimum atomic E-state index is -0.480. The van der Waals surface area contributed by atoms with Crippen LogP contribution in [0.3, 0.4) is 0 Å². The second kappa shape index (κ2) is 6.99. The zero-order valence-corrected chi connectivity index (χ0v) is 14.4.